The molecule has 1 aliphatic rings. The number of carbonyl (C=O) groups is 2. The number of anilines is 1. The zero-order valence-electron chi connectivity index (χ0n) is 15.8. The van der Waals surface area contributed by atoms with Gasteiger partial charge in [0.1, 0.15) is 11.5 Å². The van der Waals surface area contributed by atoms with E-state index in [1.807, 2.05) is 0 Å². The summed E-state index contributed by atoms with van der Waals surface area (Å²) in [6, 6.07) is 4.74. The highest BCUT2D eigenvalue weighted by Crippen LogP contribution is 2.29. The van der Waals surface area contributed by atoms with Gasteiger partial charge in [-0.3, -0.25) is 14.5 Å². The van der Waals surface area contributed by atoms with Gasteiger partial charge in [0.25, 0.3) is 0 Å². The molecule has 156 valence electrons. The lowest BCUT2D eigenvalue weighted by Crippen LogP contribution is -2.44. The average Bonchev–Trinajstić information content (AvgIpc) is 2.66. The number of methoxy groups -OCH3 is 2. The first-order chi connectivity index (χ1) is 13.2. The van der Waals surface area contributed by atoms with Crippen molar-refractivity contribution in [2.45, 2.75) is 19.0 Å². The Hall–Kier alpha value is -2.49. The van der Waals surface area contributed by atoms with Gasteiger partial charge in [-0.2, -0.15) is 13.2 Å². The number of nitrogens with zero attached hydrogens (tertiary/aromatic N) is 1. The van der Waals surface area contributed by atoms with Crippen LogP contribution in [0.5, 0.6) is 11.5 Å². The van der Waals surface area contributed by atoms with E-state index in [0.29, 0.717) is 43.1 Å². The summed E-state index contributed by atoms with van der Waals surface area (Å²) in [5.41, 5.74) is 0.323. The van der Waals surface area contributed by atoms with Crippen LogP contribution in [-0.4, -0.2) is 63.3 Å². The lowest BCUT2D eigenvalue weighted by molar-refractivity contribution is -0.148. The molecule has 0 aromatic heterocycles. The second kappa shape index (κ2) is 9.63. The van der Waals surface area contributed by atoms with E-state index in [1.54, 1.807) is 18.2 Å². The van der Waals surface area contributed by atoms with E-state index in [4.69, 9.17) is 9.47 Å². The molecule has 1 saturated heterocycles. The topological polar surface area (TPSA) is 79.9 Å². The van der Waals surface area contributed by atoms with Crippen molar-refractivity contribution in [2.75, 3.05) is 45.7 Å². The highest BCUT2D eigenvalue weighted by Gasteiger charge is 2.32. The standard InChI is InChI=1S/C18H24F3N3O4/c1-27-13-3-4-14(15(9-13)28-2)23-17(26)16(25)22-10-12-5-7-24(8-6-12)11-18(19,20)21/h3-4,9,12H,5-8,10-11H2,1-2H3,(H,22,25)(H,23,26). The normalized spacial score (nSPS) is 15.8. The number of ether oxygens (including phenoxy) is 2. The number of nitrogens with one attached hydrogen (secondary N) is 2. The minimum Gasteiger partial charge on any atom is -0.497 e. The zero-order valence-corrected chi connectivity index (χ0v) is 15.8. The van der Waals surface area contributed by atoms with Crippen molar-refractivity contribution in [3.8, 4) is 11.5 Å². The monoisotopic (exact) mass is 403 g/mol. The summed E-state index contributed by atoms with van der Waals surface area (Å²) in [5.74, 6) is -0.737. The zero-order chi connectivity index (χ0) is 20.7. The van der Waals surface area contributed by atoms with Gasteiger partial charge in [-0.15, -0.1) is 0 Å². The van der Waals surface area contributed by atoms with Crippen molar-refractivity contribution in [3.05, 3.63) is 18.2 Å². The number of piperidine rings is 1. The molecule has 0 aliphatic carbocycles. The Labute approximate surface area is 161 Å². The molecule has 1 aliphatic heterocycles. The molecule has 0 spiro atoms. The van der Waals surface area contributed by atoms with Crippen molar-refractivity contribution in [3.63, 3.8) is 0 Å². The quantitative estimate of drug-likeness (QED) is 0.711. The smallest absolute Gasteiger partial charge is 0.401 e. The minimum atomic E-state index is -4.21. The van der Waals surface area contributed by atoms with Crippen LogP contribution in [-0.2, 0) is 9.59 Å². The van der Waals surface area contributed by atoms with Crippen LogP contribution in [0.15, 0.2) is 18.2 Å². The van der Waals surface area contributed by atoms with Crippen molar-refractivity contribution in [1.29, 1.82) is 0 Å². The van der Waals surface area contributed by atoms with Crippen LogP contribution in [0, 0.1) is 5.92 Å². The van der Waals surface area contributed by atoms with Crippen molar-refractivity contribution < 1.29 is 32.2 Å². The van der Waals surface area contributed by atoms with Gasteiger partial charge in [0.05, 0.1) is 26.5 Å². The summed E-state index contributed by atoms with van der Waals surface area (Å²) in [6.07, 6.45) is -3.14. The summed E-state index contributed by atoms with van der Waals surface area (Å²) < 4.78 is 47.4. The highest BCUT2D eigenvalue weighted by atomic mass is 19.4. The predicted octanol–water partition coefficient (Wildman–Crippen LogP) is 2.03. The van der Waals surface area contributed by atoms with E-state index < -0.39 is 24.5 Å². The van der Waals surface area contributed by atoms with Crippen LogP contribution in [0.25, 0.3) is 0 Å². The molecule has 7 nitrogen and oxygen atoms in total. The number of halogens is 3. The third-order valence-corrected chi connectivity index (χ3v) is 4.52. The minimum absolute atomic E-state index is 0.0387. The second-order valence-corrected chi connectivity index (χ2v) is 6.57. The number of amides is 2. The Morgan fingerprint density at radius 1 is 1.14 bits per heavy atom. The molecule has 2 rings (SSSR count). The van der Waals surface area contributed by atoms with E-state index in [1.165, 1.54) is 19.1 Å². The summed E-state index contributed by atoms with van der Waals surface area (Å²) in [4.78, 5) is 25.4. The molecule has 2 amide bonds. The van der Waals surface area contributed by atoms with Crippen LogP contribution in [0.4, 0.5) is 18.9 Å². The Bertz CT molecular complexity index is 689. The molecule has 1 fully saturated rings. The van der Waals surface area contributed by atoms with Crippen LogP contribution in [0.1, 0.15) is 12.8 Å². The molecule has 0 unspecified atom stereocenters. The fraction of sp³-hybridized carbons (Fsp3) is 0.556. The number of benzene rings is 1. The lowest BCUT2D eigenvalue weighted by Gasteiger charge is -2.32. The van der Waals surface area contributed by atoms with Crippen molar-refractivity contribution >= 4 is 17.5 Å². The van der Waals surface area contributed by atoms with Gasteiger partial charge in [-0.25, -0.2) is 0 Å². The number of likely N-dealkylation sites (tertiary alicyclic amines) is 1. The average molecular weight is 403 g/mol. The van der Waals surface area contributed by atoms with Crippen molar-refractivity contribution in [2.24, 2.45) is 5.92 Å². The van der Waals surface area contributed by atoms with Gasteiger partial charge in [0.15, 0.2) is 0 Å². The Balaban J connectivity index is 1.79. The van der Waals surface area contributed by atoms with Crippen molar-refractivity contribution in [1.82, 2.24) is 10.2 Å². The number of hydrogen-bond acceptors (Lipinski definition) is 5. The number of alkyl halides is 3. The molecule has 1 aromatic carbocycles. The van der Waals surface area contributed by atoms with Crippen LogP contribution in [0.3, 0.4) is 0 Å². The van der Waals surface area contributed by atoms with Gasteiger partial charge in [0, 0.05) is 12.6 Å². The van der Waals surface area contributed by atoms with Crippen LogP contribution >= 0.6 is 0 Å². The van der Waals surface area contributed by atoms with Gasteiger partial charge in [-0.05, 0) is 44.0 Å². The largest absolute Gasteiger partial charge is 0.497 e. The summed E-state index contributed by atoms with van der Waals surface area (Å²) in [7, 11) is 2.92. The Morgan fingerprint density at radius 3 is 2.39 bits per heavy atom. The van der Waals surface area contributed by atoms with Gasteiger partial charge >= 0.3 is 18.0 Å². The SMILES string of the molecule is COc1ccc(NC(=O)C(=O)NCC2CCN(CC(F)(F)F)CC2)c(OC)c1. The lowest BCUT2D eigenvalue weighted by atomic mass is 9.97. The van der Waals surface area contributed by atoms with E-state index >= 15 is 0 Å². The van der Waals surface area contributed by atoms with E-state index in [9.17, 15) is 22.8 Å². The van der Waals surface area contributed by atoms with Gasteiger partial charge in [-0.1, -0.05) is 0 Å². The predicted molar refractivity (Wildman–Crippen MR) is 96.4 cm³/mol. The molecule has 1 heterocycles. The maximum Gasteiger partial charge on any atom is 0.401 e. The molecule has 28 heavy (non-hydrogen) atoms. The molecule has 10 heteroatoms. The molecule has 0 radical (unpaired) electrons. The molecule has 2 N–H and O–H groups in total. The molecule has 1 aromatic rings. The van der Waals surface area contributed by atoms with E-state index in [0.717, 1.165) is 0 Å². The third-order valence-electron chi connectivity index (χ3n) is 4.52. The summed E-state index contributed by atoms with van der Waals surface area (Å²) >= 11 is 0. The van der Waals surface area contributed by atoms with Gasteiger partial charge < -0.3 is 20.1 Å². The second-order valence-electron chi connectivity index (χ2n) is 6.57. The number of carbonyl (C=O) groups excluding carboxylic acids is 2. The molecule has 0 atom stereocenters. The third kappa shape index (κ3) is 6.59. The molecular weight excluding hydrogens is 379 g/mol. The summed E-state index contributed by atoms with van der Waals surface area (Å²) in [6.45, 7) is -0.0470. The first kappa shape index (κ1) is 21.8. The molecular formula is C18H24F3N3O4. The molecule has 0 saturated carbocycles. The van der Waals surface area contributed by atoms with Crippen LogP contribution < -0.4 is 20.1 Å². The number of rotatable bonds is 6. The van der Waals surface area contributed by atoms with E-state index in [-0.39, 0.29) is 12.5 Å². The molecule has 0 bridgehead atoms. The summed E-state index contributed by atoms with van der Waals surface area (Å²) in [5, 5.41) is 5.01. The fourth-order valence-electron chi connectivity index (χ4n) is 3.00. The first-order valence-electron chi connectivity index (χ1n) is 8.82. The highest BCUT2D eigenvalue weighted by molar-refractivity contribution is 6.39. The number of hydrogen-bond donors (Lipinski definition) is 2. The first-order valence-corrected chi connectivity index (χ1v) is 8.82. The van der Waals surface area contributed by atoms with E-state index in [2.05, 4.69) is 10.6 Å². The van der Waals surface area contributed by atoms with Gasteiger partial charge in [0.2, 0.25) is 0 Å². The Kier molecular flexibility index (Phi) is 7.50. The fourth-order valence-corrected chi connectivity index (χ4v) is 3.00. The maximum atomic E-state index is 12.4. The maximum absolute atomic E-state index is 12.4. The van der Waals surface area contributed by atoms with Crippen LogP contribution in [0.2, 0.25) is 0 Å². The Morgan fingerprint density at radius 2 is 1.82 bits per heavy atom.